The first-order valence-electron chi connectivity index (χ1n) is 8.13. The quantitative estimate of drug-likeness (QED) is 0.829. The van der Waals surface area contributed by atoms with Crippen LogP contribution in [0.25, 0.3) is 0 Å². The molecule has 0 aromatic rings. The van der Waals surface area contributed by atoms with E-state index in [0.29, 0.717) is 11.5 Å². The fraction of sp³-hybridized carbons (Fsp3) is 0.941. The number of hydrogen-bond donors (Lipinski definition) is 2. The van der Waals surface area contributed by atoms with Gasteiger partial charge >= 0.3 is 6.09 Å². The van der Waals surface area contributed by atoms with Gasteiger partial charge in [-0.3, -0.25) is 0 Å². The monoisotopic (exact) mass is 298 g/mol. The minimum Gasteiger partial charge on any atom is -0.444 e. The number of carbonyl (C=O) groups excluding carboxylic acids is 1. The van der Waals surface area contributed by atoms with E-state index in [-0.39, 0.29) is 11.6 Å². The lowest BCUT2D eigenvalue weighted by Crippen LogP contribution is -2.54. The van der Waals surface area contributed by atoms with Gasteiger partial charge in [-0.15, -0.1) is 0 Å². The zero-order valence-electron chi connectivity index (χ0n) is 14.9. The van der Waals surface area contributed by atoms with Crippen molar-refractivity contribution in [1.82, 2.24) is 10.6 Å². The Morgan fingerprint density at radius 1 is 1.24 bits per heavy atom. The summed E-state index contributed by atoms with van der Waals surface area (Å²) in [5, 5.41) is 6.56. The maximum atomic E-state index is 11.9. The first-order valence-corrected chi connectivity index (χ1v) is 8.13. The van der Waals surface area contributed by atoms with Crippen LogP contribution in [0.2, 0.25) is 0 Å². The highest BCUT2D eigenvalue weighted by Crippen LogP contribution is 2.35. The lowest BCUT2D eigenvalue weighted by atomic mass is 9.75. The van der Waals surface area contributed by atoms with Gasteiger partial charge in [-0.25, -0.2) is 4.79 Å². The lowest BCUT2D eigenvalue weighted by molar-refractivity contribution is 0.0468. The van der Waals surface area contributed by atoms with Crippen LogP contribution in [0.4, 0.5) is 4.79 Å². The van der Waals surface area contributed by atoms with Crippen LogP contribution in [0.3, 0.4) is 0 Å². The average molecular weight is 298 g/mol. The molecule has 0 saturated heterocycles. The number of hydrogen-bond acceptors (Lipinski definition) is 3. The second-order valence-corrected chi connectivity index (χ2v) is 8.85. The lowest BCUT2D eigenvalue weighted by Gasteiger charge is -2.37. The number of amides is 1. The average Bonchev–Trinajstić information content (AvgIpc) is 2.21. The van der Waals surface area contributed by atoms with Gasteiger partial charge in [-0.05, 0) is 59.3 Å². The van der Waals surface area contributed by atoms with Crippen molar-refractivity contribution in [3.8, 4) is 0 Å². The van der Waals surface area contributed by atoms with Gasteiger partial charge in [0.25, 0.3) is 0 Å². The molecular formula is C17H34N2O2. The van der Waals surface area contributed by atoms with E-state index < -0.39 is 5.60 Å². The third-order valence-electron chi connectivity index (χ3n) is 3.88. The summed E-state index contributed by atoms with van der Waals surface area (Å²) in [5.41, 5.74) is -0.344. The Balaban J connectivity index is 2.40. The van der Waals surface area contributed by atoms with Gasteiger partial charge in [0, 0.05) is 12.6 Å². The molecule has 1 aliphatic rings. The summed E-state index contributed by atoms with van der Waals surface area (Å²) < 4.78 is 5.32. The standard InChI is InChI=1S/C17H34N2O2/c1-15(2,3)21-14(20)19-17(6,7)12-18-13-9-8-10-16(4,5)11-13/h13,18H,8-12H2,1-7H3,(H,19,20). The molecule has 1 atom stereocenters. The summed E-state index contributed by atoms with van der Waals surface area (Å²) in [6.07, 6.45) is 4.68. The predicted molar refractivity (Wildman–Crippen MR) is 87.5 cm³/mol. The summed E-state index contributed by atoms with van der Waals surface area (Å²) in [4.78, 5) is 11.9. The molecule has 1 fully saturated rings. The molecule has 124 valence electrons. The molecule has 0 aromatic carbocycles. The van der Waals surface area contributed by atoms with Gasteiger partial charge in [0.15, 0.2) is 0 Å². The van der Waals surface area contributed by atoms with Gasteiger partial charge in [-0.1, -0.05) is 20.3 Å². The minimum atomic E-state index is -0.457. The molecule has 0 radical (unpaired) electrons. The summed E-state index contributed by atoms with van der Waals surface area (Å²) in [6.45, 7) is 15.1. The number of nitrogens with one attached hydrogen (secondary N) is 2. The summed E-state index contributed by atoms with van der Waals surface area (Å²) in [6, 6.07) is 0.550. The zero-order chi connectivity index (χ0) is 16.3. The van der Waals surface area contributed by atoms with Crippen molar-refractivity contribution in [2.75, 3.05) is 6.54 Å². The summed E-state index contributed by atoms with van der Waals surface area (Å²) in [5.74, 6) is 0. The van der Waals surface area contributed by atoms with Crippen molar-refractivity contribution in [2.45, 2.75) is 91.3 Å². The van der Waals surface area contributed by atoms with Gasteiger partial charge in [0.2, 0.25) is 0 Å². The van der Waals surface area contributed by atoms with Crippen molar-refractivity contribution in [3.63, 3.8) is 0 Å². The molecule has 21 heavy (non-hydrogen) atoms. The highest BCUT2D eigenvalue weighted by atomic mass is 16.6. The maximum Gasteiger partial charge on any atom is 0.408 e. The number of rotatable bonds is 4. The van der Waals surface area contributed by atoms with Gasteiger partial charge in [-0.2, -0.15) is 0 Å². The number of alkyl carbamates (subject to hydrolysis) is 1. The van der Waals surface area contributed by atoms with Gasteiger partial charge in [0.05, 0.1) is 5.54 Å². The van der Waals surface area contributed by atoms with Crippen LogP contribution in [-0.2, 0) is 4.74 Å². The highest BCUT2D eigenvalue weighted by molar-refractivity contribution is 5.68. The van der Waals surface area contributed by atoms with E-state index in [2.05, 4.69) is 24.5 Å². The third kappa shape index (κ3) is 7.70. The van der Waals surface area contributed by atoms with Crippen molar-refractivity contribution < 1.29 is 9.53 Å². The van der Waals surface area contributed by atoms with Crippen LogP contribution in [0.5, 0.6) is 0 Å². The van der Waals surface area contributed by atoms with Gasteiger partial charge in [0.1, 0.15) is 5.60 Å². The highest BCUT2D eigenvalue weighted by Gasteiger charge is 2.30. The van der Waals surface area contributed by atoms with E-state index in [1.807, 2.05) is 34.6 Å². The summed E-state index contributed by atoms with van der Waals surface area (Å²) in [7, 11) is 0. The molecule has 1 saturated carbocycles. The van der Waals surface area contributed by atoms with Crippen LogP contribution >= 0.6 is 0 Å². The van der Waals surface area contributed by atoms with Crippen LogP contribution in [-0.4, -0.2) is 29.8 Å². The molecule has 0 spiro atoms. The minimum absolute atomic E-state index is 0.316. The van der Waals surface area contributed by atoms with Crippen LogP contribution < -0.4 is 10.6 Å². The van der Waals surface area contributed by atoms with E-state index in [4.69, 9.17) is 4.74 Å². The smallest absolute Gasteiger partial charge is 0.408 e. The van der Waals surface area contributed by atoms with Crippen LogP contribution in [0.1, 0.15) is 74.1 Å². The Labute approximate surface area is 130 Å². The maximum absolute atomic E-state index is 11.9. The van der Waals surface area contributed by atoms with Crippen molar-refractivity contribution >= 4 is 6.09 Å². The first-order chi connectivity index (χ1) is 9.39. The Kier molecular flexibility index (Phi) is 5.70. The second kappa shape index (κ2) is 6.55. The molecule has 4 heteroatoms. The van der Waals surface area contributed by atoms with Gasteiger partial charge < -0.3 is 15.4 Å². The first kappa shape index (κ1) is 18.3. The Morgan fingerprint density at radius 2 is 1.86 bits per heavy atom. The third-order valence-corrected chi connectivity index (χ3v) is 3.88. The Morgan fingerprint density at radius 3 is 2.38 bits per heavy atom. The largest absolute Gasteiger partial charge is 0.444 e. The van der Waals surface area contributed by atoms with Crippen LogP contribution in [0.15, 0.2) is 0 Å². The van der Waals surface area contributed by atoms with Crippen molar-refractivity contribution in [3.05, 3.63) is 0 Å². The van der Waals surface area contributed by atoms with E-state index in [1.54, 1.807) is 0 Å². The number of carbonyl (C=O) groups is 1. The zero-order valence-corrected chi connectivity index (χ0v) is 14.9. The Bertz CT molecular complexity index is 356. The SMILES string of the molecule is CC1(C)CCCC(NCC(C)(C)NC(=O)OC(C)(C)C)C1. The molecule has 0 bridgehead atoms. The molecule has 0 heterocycles. The van der Waals surface area contributed by atoms with Crippen molar-refractivity contribution in [1.29, 1.82) is 0 Å². The van der Waals surface area contributed by atoms with E-state index in [0.717, 1.165) is 6.54 Å². The predicted octanol–water partition coefficient (Wildman–Crippen LogP) is 3.85. The fourth-order valence-corrected chi connectivity index (χ4v) is 2.90. The van der Waals surface area contributed by atoms with Crippen LogP contribution in [0, 0.1) is 5.41 Å². The van der Waals surface area contributed by atoms with E-state index in [1.165, 1.54) is 25.7 Å². The molecule has 2 N–H and O–H groups in total. The molecule has 0 aliphatic heterocycles. The molecule has 1 rings (SSSR count). The molecule has 1 unspecified atom stereocenters. The topological polar surface area (TPSA) is 50.4 Å². The molecule has 4 nitrogen and oxygen atoms in total. The normalized spacial score (nSPS) is 22.7. The van der Waals surface area contributed by atoms with E-state index in [9.17, 15) is 4.79 Å². The number of ether oxygens (including phenoxy) is 1. The molecular weight excluding hydrogens is 264 g/mol. The molecule has 0 aromatic heterocycles. The van der Waals surface area contributed by atoms with E-state index >= 15 is 0 Å². The second-order valence-electron chi connectivity index (χ2n) is 8.85. The molecule has 1 aliphatic carbocycles. The van der Waals surface area contributed by atoms with Crippen molar-refractivity contribution in [2.24, 2.45) is 5.41 Å². The molecule has 1 amide bonds. The fourth-order valence-electron chi connectivity index (χ4n) is 2.90. The Hall–Kier alpha value is -0.770. The summed E-state index contributed by atoms with van der Waals surface area (Å²) >= 11 is 0.